The van der Waals surface area contributed by atoms with E-state index < -0.39 is 10.0 Å². The van der Waals surface area contributed by atoms with Crippen LogP contribution in [0.4, 0.5) is 5.69 Å². The Morgan fingerprint density at radius 2 is 2.05 bits per heavy atom. The molecule has 0 aliphatic heterocycles. The van der Waals surface area contributed by atoms with Gasteiger partial charge >= 0.3 is 0 Å². The van der Waals surface area contributed by atoms with Crippen molar-refractivity contribution in [2.24, 2.45) is 0 Å². The lowest BCUT2D eigenvalue weighted by Gasteiger charge is -2.23. The van der Waals surface area contributed by atoms with Gasteiger partial charge in [-0.05, 0) is 25.5 Å². The number of nitrogens with one attached hydrogen (secondary N) is 1. The molecule has 1 heterocycles. The number of hydrogen-bond acceptors (Lipinski definition) is 4. The highest BCUT2D eigenvalue weighted by Gasteiger charge is 2.26. The summed E-state index contributed by atoms with van der Waals surface area (Å²) in [5, 5.41) is 9.68. The van der Waals surface area contributed by atoms with Crippen molar-refractivity contribution in [1.82, 2.24) is 9.97 Å². The first kappa shape index (κ1) is 15.4. The summed E-state index contributed by atoms with van der Waals surface area (Å²) in [5.74, 6) is 0.653. The molecule has 0 spiro atoms. The Balaban J connectivity index is 2.51. The van der Waals surface area contributed by atoms with Gasteiger partial charge in [0.2, 0.25) is 0 Å². The van der Waals surface area contributed by atoms with E-state index in [-0.39, 0.29) is 17.3 Å². The quantitative estimate of drug-likeness (QED) is 0.886. The largest absolute Gasteiger partial charge is 0.508 e. The lowest BCUT2D eigenvalue weighted by atomic mass is 10.2. The minimum Gasteiger partial charge on any atom is -0.508 e. The summed E-state index contributed by atoms with van der Waals surface area (Å²) in [6.45, 7) is 5.70. The second-order valence-corrected chi connectivity index (χ2v) is 6.52. The summed E-state index contributed by atoms with van der Waals surface area (Å²) in [7, 11) is -3.73. The maximum atomic E-state index is 12.7. The molecule has 114 valence electrons. The van der Waals surface area contributed by atoms with Gasteiger partial charge in [0.25, 0.3) is 10.0 Å². The molecule has 0 aliphatic rings. The Morgan fingerprint density at radius 3 is 2.62 bits per heavy atom. The third-order valence-electron chi connectivity index (χ3n) is 3.26. The van der Waals surface area contributed by atoms with Crippen LogP contribution in [0.25, 0.3) is 0 Å². The fraction of sp³-hybridized carbons (Fsp3) is 0.357. The Morgan fingerprint density at radius 1 is 1.33 bits per heavy atom. The second kappa shape index (κ2) is 5.77. The highest BCUT2D eigenvalue weighted by Crippen LogP contribution is 2.29. The van der Waals surface area contributed by atoms with Crippen molar-refractivity contribution >= 4 is 15.7 Å². The first-order chi connectivity index (χ1) is 9.90. The van der Waals surface area contributed by atoms with Crippen LogP contribution in [0.5, 0.6) is 5.75 Å². The fourth-order valence-corrected chi connectivity index (χ4v) is 3.57. The van der Waals surface area contributed by atoms with Gasteiger partial charge in [-0.15, -0.1) is 0 Å². The number of aromatic amines is 1. The van der Waals surface area contributed by atoms with Gasteiger partial charge in [-0.25, -0.2) is 4.98 Å². The normalized spacial score (nSPS) is 11.6. The number of imidazole rings is 1. The minimum absolute atomic E-state index is 0.0307. The van der Waals surface area contributed by atoms with Crippen LogP contribution in [0.2, 0.25) is 0 Å². The summed E-state index contributed by atoms with van der Waals surface area (Å²) in [5.41, 5.74) is 1.23. The van der Waals surface area contributed by atoms with Crippen molar-refractivity contribution in [3.8, 4) is 5.75 Å². The molecule has 0 bridgehead atoms. The molecule has 1 aromatic carbocycles. The van der Waals surface area contributed by atoms with E-state index >= 15 is 0 Å². The third kappa shape index (κ3) is 2.87. The number of hydrogen-bond donors (Lipinski definition) is 2. The molecule has 0 unspecified atom stereocenters. The number of phenols is 1. The van der Waals surface area contributed by atoms with Gasteiger partial charge in [0, 0.05) is 19.0 Å². The zero-order valence-corrected chi connectivity index (χ0v) is 13.1. The number of aryl methyl sites for hydroxylation is 2. The van der Waals surface area contributed by atoms with E-state index in [1.807, 2.05) is 6.92 Å². The number of benzene rings is 1. The molecule has 0 aliphatic carbocycles. The Hall–Kier alpha value is -2.02. The lowest BCUT2D eigenvalue weighted by molar-refractivity contribution is 0.475. The zero-order chi connectivity index (χ0) is 15.6. The molecule has 2 aromatic rings. The first-order valence-corrected chi connectivity index (χ1v) is 8.20. The van der Waals surface area contributed by atoms with Crippen LogP contribution in [-0.2, 0) is 16.4 Å². The number of H-pyrrole nitrogens is 1. The van der Waals surface area contributed by atoms with E-state index in [1.165, 1.54) is 22.6 Å². The van der Waals surface area contributed by atoms with Crippen molar-refractivity contribution < 1.29 is 13.5 Å². The number of phenolic OH excluding ortho intramolecular Hbond substituents is 1. The number of rotatable bonds is 5. The summed E-state index contributed by atoms with van der Waals surface area (Å²) < 4.78 is 26.7. The maximum Gasteiger partial charge on any atom is 0.281 e. The molecular formula is C14H19N3O3S. The van der Waals surface area contributed by atoms with Crippen LogP contribution in [0.1, 0.15) is 25.2 Å². The number of nitrogens with zero attached hydrogens (tertiary/aromatic N) is 2. The van der Waals surface area contributed by atoms with Gasteiger partial charge in [-0.3, -0.25) is 4.31 Å². The first-order valence-electron chi connectivity index (χ1n) is 6.76. The van der Waals surface area contributed by atoms with E-state index in [0.717, 1.165) is 5.56 Å². The van der Waals surface area contributed by atoms with Crippen LogP contribution in [-0.4, -0.2) is 30.0 Å². The average Bonchev–Trinajstić information content (AvgIpc) is 2.93. The smallest absolute Gasteiger partial charge is 0.281 e. The Bertz CT molecular complexity index is 738. The predicted molar refractivity (Wildman–Crippen MR) is 81.0 cm³/mol. The molecule has 0 saturated carbocycles. The molecule has 0 atom stereocenters. The Labute approximate surface area is 124 Å². The van der Waals surface area contributed by atoms with Crippen LogP contribution in [0.3, 0.4) is 0 Å². The van der Waals surface area contributed by atoms with E-state index in [2.05, 4.69) is 9.97 Å². The number of sulfonamides is 1. The van der Waals surface area contributed by atoms with Gasteiger partial charge in [0.15, 0.2) is 5.03 Å². The number of anilines is 1. The van der Waals surface area contributed by atoms with Crippen molar-refractivity contribution in [3.05, 3.63) is 35.8 Å². The van der Waals surface area contributed by atoms with E-state index in [0.29, 0.717) is 17.9 Å². The molecule has 7 heteroatoms. The number of aromatic nitrogens is 2. The van der Waals surface area contributed by atoms with Gasteiger partial charge in [-0.1, -0.05) is 13.0 Å². The third-order valence-corrected chi connectivity index (χ3v) is 5.06. The standard InChI is InChI=1S/C14H19N3O3S/c1-4-13-15-9-14(16-13)21(19,20)17(5-2)12-8-11(18)7-6-10(12)3/h6-9,18H,4-5H2,1-3H3,(H,15,16). The zero-order valence-electron chi connectivity index (χ0n) is 12.3. The van der Waals surface area contributed by atoms with Crippen molar-refractivity contribution in [2.45, 2.75) is 32.2 Å². The fourth-order valence-electron chi connectivity index (χ4n) is 2.11. The predicted octanol–water partition coefficient (Wildman–Crippen LogP) is 2.20. The summed E-state index contributed by atoms with van der Waals surface area (Å²) in [6.07, 6.45) is 1.96. The van der Waals surface area contributed by atoms with E-state index in [1.54, 1.807) is 19.9 Å². The number of aromatic hydroxyl groups is 1. The molecule has 2 N–H and O–H groups in total. The molecule has 0 amide bonds. The topological polar surface area (TPSA) is 86.3 Å². The van der Waals surface area contributed by atoms with Crippen molar-refractivity contribution in [1.29, 1.82) is 0 Å². The van der Waals surface area contributed by atoms with Gasteiger partial charge in [0.05, 0.1) is 11.9 Å². The summed E-state index contributed by atoms with van der Waals surface area (Å²) in [6, 6.07) is 4.67. The summed E-state index contributed by atoms with van der Waals surface area (Å²) in [4.78, 5) is 6.86. The van der Waals surface area contributed by atoms with Crippen LogP contribution < -0.4 is 4.31 Å². The molecule has 1 aromatic heterocycles. The van der Waals surface area contributed by atoms with Gasteiger partial charge in [-0.2, -0.15) is 8.42 Å². The van der Waals surface area contributed by atoms with Gasteiger partial charge in [0.1, 0.15) is 11.6 Å². The van der Waals surface area contributed by atoms with Crippen LogP contribution in [0.15, 0.2) is 29.4 Å². The van der Waals surface area contributed by atoms with Gasteiger partial charge < -0.3 is 10.1 Å². The monoisotopic (exact) mass is 309 g/mol. The molecule has 0 saturated heterocycles. The lowest BCUT2D eigenvalue weighted by Crippen LogP contribution is -2.31. The van der Waals surface area contributed by atoms with E-state index in [9.17, 15) is 13.5 Å². The second-order valence-electron chi connectivity index (χ2n) is 4.69. The van der Waals surface area contributed by atoms with Crippen molar-refractivity contribution in [2.75, 3.05) is 10.8 Å². The highest BCUT2D eigenvalue weighted by atomic mass is 32.2. The van der Waals surface area contributed by atoms with E-state index in [4.69, 9.17) is 0 Å². The SMILES string of the molecule is CCc1ncc(S(=O)(=O)N(CC)c2cc(O)ccc2C)[nH]1. The summed E-state index contributed by atoms with van der Waals surface area (Å²) >= 11 is 0. The Kier molecular flexibility index (Phi) is 4.22. The molecule has 2 rings (SSSR count). The highest BCUT2D eigenvalue weighted by molar-refractivity contribution is 7.92. The van der Waals surface area contributed by atoms with Crippen LogP contribution >= 0.6 is 0 Å². The molecule has 21 heavy (non-hydrogen) atoms. The maximum absolute atomic E-state index is 12.7. The van der Waals surface area contributed by atoms with Crippen molar-refractivity contribution in [3.63, 3.8) is 0 Å². The minimum atomic E-state index is -3.73. The average molecular weight is 309 g/mol. The molecule has 0 radical (unpaired) electrons. The molecular weight excluding hydrogens is 290 g/mol. The van der Waals surface area contributed by atoms with Crippen LogP contribution in [0, 0.1) is 6.92 Å². The molecule has 6 nitrogen and oxygen atoms in total. The molecule has 0 fully saturated rings.